The third-order valence-corrected chi connectivity index (χ3v) is 4.07. The number of nitrogens with zero attached hydrogens (tertiary/aromatic N) is 2. The Morgan fingerprint density at radius 1 is 1.41 bits per heavy atom. The molecule has 1 atom stereocenters. The van der Waals surface area contributed by atoms with E-state index in [2.05, 4.69) is 21.8 Å². The van der Waals surface area contributed by atoms with Gasteiger partial charge in [0.1, 0.15) is 0 Å². The van der Waals surface area contributed by atoms with Crippen LogP contribution < -0.4 is 5.32 Å². The largest absolute Gasteiger partial charge is 0.330 e. The van der Waals surface area contributed by atoms with E-state index in [1.165, 1.54) is 44.2 Å². The van der Waals surface area contributed by atoms with Crippen LogP contribution in [0.15, 0.2) is 12.5 Å². The molecule has 1 heterocycles. The highest BCUT2D eigenvalue weighted by Crippen LogP contribution is 2.36. The number of aromatic nitrogens is 2. The van der Waals surface area contributed by atoms with Crippen LogP contribution >= 0.6 is 0 Å². The number of nitrogens with one attached hydrogen (secondary N) is 1. The summed E-state index contributed by atoms with van der Waals surface area (Å²) in [6.07, 6.45) is 12.2. The van der Waals surface area contributed by atoms with E-state index in [9.17, 15) is 0 Å². The van der Waals surface area contributed by atoms with Crippen LogP contribution in [0.3, 0.4) is 0 Å². The van der Waals surface area contributed by atoms with Crippen LogP contribution in [-0.2, 0) is 6.54 Å². The molecule has 3 nitrogen and oxygen atoms in total. The van der Waals surface area contributed by atoms with Gasteiger partial charge in [-0.1, -0.05) is 19.8 Å². The average Bonchev–Trinajstić information content (AvgIpc) is 3.26. The number of rotatable bonds is 7. The Kier molecular flexibility index (Phi) is 3.19. The zero-order valence-corrected chi connectivity index (χ0v) is 10.7. The molecule has 0 radical (unpaired) electrons. The van der Waals surface area contributed by atoms with Crippen molar-refractivity contribution in [1.82, 2.24) is 14.9 Å². The summed E-state index contributed by atoms with van der Waals surface area (Å²) in [5, 5.41) is 3.71. The summed E-state index contributed by atoms with van der Waals surface area (Å²) in [7, 11) is 0. The van der Waals surface area contributed by atoms with Crippen LogP contribution in [0, 0.1) is 5.92 Å². The first-order valence-corrected chi connectivity index (χ1v) is 7.11. The number of hydrogen-bond donors (Lipinski definition) is 1. The van der Waals surface area contributed by atoms with Crippen LogP contribution in [0.5, 0.6) is 0 Å². The van der Waals surface area contributed by atoms with Crippen LogP contribution in [0.4, 0.5) is 0 Å². The van der Waals surface area contributed by atoms with Gasteiger partial charge >= 0.3 is 0 Å². The molecule has 3 heteroatoms. The fourth-order valence-electron chi connectivity index (χ4n) is 2.55. The van der Waals surface area contributed by atoms with E-state index in [4.69, 9.17) is 0 Å². The van der Waals surface area contributed by atoms with Crippen molar-refractivity contribution < 1.29 is 0 Å². The van der Waals surface area contributed by atoms with Crippen molar-refractivity contribution in [2.45, 2.75) is 64.1 Å². The fraction of sp³-hybridized carbons (Fsp3) is 0.786. The van der Waals surface area contributed by atoms with Gasteiger partial charge in [-0.05, 0) is 31.6 Å². The smallest absolute Gasteiger partial charge is 0.0951 e. The normalized spacial score (nSPS) is 21.7. The van der Waals surface area contributed by atoms with E-state index in [1.54, 1.807) is 0 Å². The standard InChI is InChI=1S/C14H23N3/c1-2-12(7-11-3-4-11)16-9-14-8-15-10-17(14)13-5-6-13/h8,10-13,16H,2-7,9H2,1H3. The number of imidazole rings is 1. The third kappa shape index (κ3) is 2.89. The first kappa shape index (κ1) is 11.3. The maximum atomic E-state index is 4.28. The van der Waals surface area contributed by atoms with E-state index < -0.39 is 0 Å². The van der Waals surface area contributed by atoms with Gasteiger partial charge in [0.2, 0.25) is 0 Å². The third-order valence-electron chi connectivity index (χ3n) is 4.07. The highest BCUT2D eigenvalue weighted by molar-refractivity contribution is 5.03. The van der Waals surface area contributed by atoms with E-state index in [0.29, 0.717) is 6.04 Å². The van der Waals surface area contributed by atoms with Gasteiger partial charge in [-0.2, -0.15) is 0 Å². The Balaban J connectivity index is 1.52. The van der Waals surface area contributed by atoms with Gasteiger partial charge in [-0.3, -0.25) is 0 Å². The summed E-state index contributed by atoms with van der Waals surface area (Å²) in [5.74, 6) is 1.01. The molecule has 0 aromatic carbocycles. The minimum Gasteiger partial charge on any atom is -0.330 e. The van der Waals surface area contributed by atoms with Gasteiger partial charge in [0.15, 0.2) is 0 Å². The molecule has 1 N–H and O–H groups in total. The van der Waals surface area contributed by atoms with Crippen molar-refractivity contribution in [1.29, 1.82) is 0 Å². The zero-order chi connectivity index (χ0) is 11.7. The van der Waals surface area contributed by atoms with Gasteiger partial charge in [0.05, 0.1) is 12.0 Å². The molecule has 2 saturated carbocycles. The lowest BCUT2D eigenvalue weighted by molar-refractivity contribution is 0.437. The molecule has 1 aromatic rings. The predicted octanol–water partition coefficient (Wildman–Crippen LogP) is 2.89. The van der Waals surface area contributed by atoms with Gasteiger partial charge < -0.3 is 9.88 Å². The lowest BCUT2D eigenvalue weighted by Gasteiger charge is -2.17. The minimum absolute atomic E-state index is 0.699. The molecule has 3 rings (SSSR count). The number of hydrogen-bond acceptors (Lipinski definition) is 2. The summed E-state index contributed by atoms with van der Waals surface area (Å²) in [6, 6.07) is 1.45. The Morgan fingerprint density at radius 2 is 2.24 bits per heavy atom. The molecule has 1 aromatic heterocycles. The van der Waals surface area contributed by atoms with Gasteiger partial charge in [-0.25, -0.2) is 4.98 Å². The van der Waals surface area contributed by atoms with Gasteiger partial charge in [0.25, 0.3) is 0 Å². The molecule has 0 amide bonds. The van der Waals surface area contributed by atoms with E-state index >= 15 is 0 Å². The quantitative estimate of drug-likeness (QED) is 0.785. The van der Waals surface area contributed by atoms with E-state index in [0.717, 1.165) is 18.5 Å². The summed E-state index contributed by atoms with van der Waals surface area (Å²) < 4.78 is 2.36. The second-order valence-corrected chi connectivity index (χ2v) is 5.69. The maximum Gasteiger partial charge on any atom is 0.0951 e. The molecule has 2 aliphatic rings. The summed E-state index contributed by atoms with van der Waals surface area (Å²) in [6.45, 7) is 3.28. The minimum atomic E-state index is 0.699. The van der Waals surface area contributed by atoms with Crippen molar-refractivity contribution in [3.05, 3.63) is 18.2 Å². The lowest BCUT2D eigenvalue weighted by atomic mass is 10.1. The summed E-state index contributed by atoms with van der Waals surface area (Å²) >= 11 is 0. The first-order chi connectivity index (χ1) is 8.36. The molecule has 2 fully saturated rings. The lowest BCUT2D eigenvalue weighted by Crippen LogP contribution is -2.29. The topological polar surface area (TPSA) is 29.9 Å². The van der Waals surface area contributed by atoms with Crippen LogP contribution in [0.1, 0.15) is 57.2 Å². The Bertz CT molecular complexity index is 363. The Morgan fingerprint density at radius 3 is 2.88 bits per heavy atom. The van der Waals surface area contributed by atoms with Crippen LogP contribution in [-0.4, -0.2) is 15.6 Å². The monoisotopic (exact) mass is 233 g/mol. The molecule has 94 valence electrons. The molecule has 1 unspecified atom stereocenters. The Labute approximate surface area is 104 Å². The van der Waals surface area contributed by atoms with Crippen molar-refractivity contribution >= 4 is 0 Å². The molecule has 0 aliphatic heterocycles. The van der Waals surface area contributed by atoms with E-state index in [1.807, 2.05) is 12.5 Å². The second-order valence-electron chi connectivity index (χ2n) is 5.69. The molecule has 2 aliphatic carbocycles. The molecule has 17 heavy (non-hydrogen) atoms. The van der Waals surface area contributed by atoms with Crippen molar-refractivity contribution in [3.8, 4) is 0 Å². The van der Waals surface area contributed by atoms with Crippen LogP contribution in [0.2, 0.25) is 0 Å². The average molecular weight is 233 g/mol. The Hall–Kier alpha value is -0.830. The molecular weight excluding hydrogens is 210 g/mol. The predicted molar refractivity (Wildman–Crippen MR) is 68.8 cm³/mol. The SMILES string of the molecule is CCC(CC1CC1)NCc1cncn1C1CC1. The fourth-order valence-corrected chi connectivity index (χ4v) is 2.55. The molecule has 0 spiro atoms. The summed E-state index contributed by atoms with van der Waals surface area (Å²) in [4.78, 5) is 4.28. The van der Waals surface area contributed by atoms with Crippen molar-refractivity contribution in [3.63, 3.8) is 0 Å². The molecule has 0 bridgehead atoms. The molecule has 0 saturated heterocycles. The highest BCUT2D eigenvalue weighted by atomic mass is 15.1. The molecular formula is C14H23N3. The van der Waals surface area contributed by atoms with Crippen LogP contribution in [0.25, 0.3) is 0 Å². The van der Waals surface area contributed by atoms with E-state index in [-0.39, 0.29) is 0 Å². The zero-order valence-electron chi connectivity index (χ0n) is 10.7. The van der Waals surface area contributed by atoms with Crippen molar-refractivity contribution in [2.75, 3.05) is 0 Å². The first-order valence-electron chi connectivity index (χ1n) is 7.11. The second kappa shape index (κ2) is 4.81. The van der Waals surface area contributed by atoms with Gasteiger partial charge in [0, 0.05) is 24.8 Å². The highest BCUT2D eigenvalue weighted by Gasteiger charge is 2.26. The van der Waals surface area contributed by atoms with Gasteiger partial charge in [-0.15, -0.1) is 0 Å². The maximum absolute atomic E-state index is 4.28. The van der Waals surface area contributed by atoms with Crippen molar-refractivity contribution in [2.24, 2.45) is 5.92 Å². The summed E-state index contributed by atoms with van der Waals surface area (Å²) in [5.41, 5.74) is 1.36.